The van der Waals surface area contributed by atoms with Crippen LogP contribution < -0.4 is 11.9 Å². The van der Waals surface area contributed by atoms with E-state index in [4.69, 9.17) is 14.6 Å². The van der Waals surface area contributed by atoms with Crippen LogP contribution in [0.3, 0.4) is 0 Å². The van der Waals surface area contributed by atoms with Crippen LogP contribution in [0.15, 0.2) is 0 Å². The van der Waals surface area contributed by atoms with Crippen molar-refractivity contribution in [3.05, 3.63) is 0 Å². The largest absolute Gasteiger partial charge is 0.394 e. The molecule has 0 bridgehead atoms. The van der Waals surface area contributed by atoms with Crippen molar-refractivity contribution in [3.63, 3.8) is 0 Å². The van der Waals surface area contributed by atoms with Gasteiger partial charge in [-0.25, -0.2) is 0 Å². The third kappa shape index (κ3) is 10.5. The summed E-state index contributed by atoms with van der Waals surface area (Å²) in [4.78, 5) is 0. The van der Waals surface area contributed by atoms with E-state index in [0.29, 0.717) is 0 Å². The van der Waals surface area contributed by atoms with E-state index in [-0.39, 0.29) is 6.15 Å². The molecule has 0 atom stereocenters. The molecule has 0 spiro atoms. The van der Waals surface area contributed by atoms with Crippen LogP contribution >= 0.6 is 0 Å². The standard InChI is InChI=1S/C14H33NO2Si.H3N/c1-4-7-8-10-13-18(16-5-2,17-6-3)14-11-9-12-15;/h4-15H2,1-3H3;1H3. The fraction of sp³-hybridized carbons (Fsp3) is 1.00. The van der Waals surface area contributed by atoms with Gasteiger partial charge in [0, 0.05) is 13.2 Å². The van der Waals surface area contributed by atoms with Crippen molar-refractivity contribution >= 4 is 8.56 Å². The Morgan fingerprint density at radius 2 is 1.32 bits per heavy atom. The second-order valence-corrected chi connectivity index (χ2v) is 8.23. The highest BCUT2D eigenvalue weighted by Gasteiger charge is 2.35. The average molecular weight is 293 g/mol. The first-order valence-corrected chi connectivity index (χ1v) is 9.95. The Balaban J connectivity index is 0. The first-order chi connectivity index (χ1) is 8.74. The van der Waals surface area contributed by atoms with E-state index < -0.39 is 8.56 Å². The van der Waals surface area contributed by atoms with Gasteiger partial charge in [0.25, 0.3) is 0 Å². The fourth-order valence-corrected chi connectivity index (χ4v) is 5.88. The number of unbranched alkanes of at least 4 members (excludes halogenated alkanes) is 4. The molecule has 0 aromatic heterocycles. The van der Waals surface area contributed by atoms with Crippen molar-refractivity contribution in [3.8, 4) is 0 Å². The van der Waals surface area contributed by atoms with Crippen LogP contribution in [0.25, 0.3) is 0 Å². The lowest BCUT2D eigenvalue weighted by Gasteiger charge is -2.30. The third-order valence-corrected chi connectivity index (χ3v) is 7.10. The second kappa shape index (κ2) is 14.5. The lowest BCUT2D eigenvalue weighted by atomic mass is 10.2. The summed E-state index contributed by atoms with van der Waals surface area (Å²) in [5.74, 6) is 0. The van der Waals surface area contributed by atoms with Crippen molar-refractivity contribution in [2.45, 2.75) is 71.4 Å². The second-order valence-electron chi connectivity index (χ2n) is 4.83. The number of hydrogen-bond acceptors (Lipinski definition) is 4. The highest BCUT2D eigenvalue weighted by molar-refractivity contribution is 6.67. The maximum atomic E-state index is 6.07. The molecule has 0 aromatic carbocycles. The van der Waals surface area contributed by atoms with Crippen LogP contribution in [-0.2, 0) is 8.85 Å². The van der Waals surface area contributed by atoms with Gasteiger partial charge in [-0.2, -0.15) is 0 Å². The van der Waals surface area contributed by atoms with E-state index in [9.17, 15) is 0 Å². The number of nitrogens with two attached hydrogens (primary N) is 1. The van der Waals surface area contributed by atoms with E-state index in [1.165, 1.54) is 25.7 Å². The Morgan fingerprint density at radius 3 is 1.74 bits per heavy atom. The highest BCUT2D eigenvalue weighted by atomic mass is 28.4. The molecule has 0 radical (unpaired) electrons. The molecule has 5 heteroatoms. The minimum absolute atomic E-state index is 0. The SMILES string of the molecule is CCCCCC[Si](CCCCN)(OCC)OCC.N. The van der Waals surface area contributed by atoms with Gasteiger partial charge < -0.3 is 20.7 Å². The summed E-state index contributed by atoms with van der Waals surface area (Å²) in [5.41, 5.74) is 5.58. The van der Waals surface area contributed by atoms with Gasteiger partial charge in [-0.15, -0.1) is 0 Å². The smallest absolute Gasteiger partial charge is 0.338 e. The van der Waals surface area contributed by atoms with Crippen LogP contribution in [0.5, 0.6) is 0 Å². The van der Waals surface area contributed by atoms with Crippen molar-refractivity contribution in [1.82, 2.24) is 6.15 Å². The van der Waals surface area contributed by atoms with Crippen LogP contribution in [0.4, 0.5) is 0 Å². The van der Waals surface area contributed by atoms with E-state index in [2.05, 4.69) is 20.8 Å². The summed E-state index contributed by atoms with van der Waals surface area (Å²) >= 11 is 0. The van der Waals surface area contributed by atoms with Crippen LogP contribution in [-0.4, -0.2) is 28.3 Å². The van der Waals surface area contributed by atoms with Crippen molar-refractivity contribution in [2.75, 3.05) is 19.8 Å². The average Bonchev–Trinajstić information content (AvgIpc) is 2.36. The molecule has 0 heterocycles. The highest BCUT2D eigenvalue weighted by Crippen LogP contribution is 2.25. The molecule has 0 aliphatic carbocycles. The molecule has 4 nitrogen and oxygen atoms in total. The van der Waals surface area contributed by atoms with E-state index in [0.717, 1.165) is 44.7 Å². The predicted molar refractivity (Wildman–Crippen MR) is 86.1 cm³/mol. The van der Waals surface area contributed by atoms with E-state index in [1.54, 1.807) is 0 Å². The Labute approximate surface area is 121 Å². The topological polar surface area (TPSA) is 79.5 Å². The first-order valence-electron chi connectivity index (χ1n) is 7.72. The number of hydrogen-bond donors (Lipinski definition) is 2. The normalized spacial score (nSPS) is 11.4. The molecule has 0 fully saturated rings. The molecule has 0 saturated heterocycles. The molecule has 5 N–H and O–H groups in total. The summed E-state index contributed by atoms with van der Waals surface area (Å²) in [6.45, 7) is 8.74. The summed E-state index contributed by atoms with van der Waals surface area (Å²) in [6.07, 6.45) is 7.40. The van der Waals surface area contributed by atoms with Gasteiger partial charge in [0.1, 0.15) is 0 Å². The Kier molecular flexibility index (Phi) is 16.3. The number of rotatable bonds is 13. The zero-order chi connectivity index (χ0) is 13.7. The molecular weight excluding hydrogens is 256 g/mol. The predicted octanol–water partition coefficient (Wildman–Crippen LogP) is 3.98. The van der Waals surface area contributed by atoms with Gasteiger partial charge >= 0.3 is 8.56 Å². The van der Waals surface area contributed by atoms with Crippen molar-refractivity contribution in [1.29, 1.82) is 0 Å². The zero-order valence-corrected chi connectivity index (χ0v) is 14.4. The van der Waals surface area contributed by atoms with Gasteiger partial charge in [0.15, 0.2) is 0 Å². The molecule has 0 aromatic rings. The van der Waals surface area contributed by atoms with Gasteiger partial charge in [-0.3, -0.25) is 0 Å². The molecule has 19 heavy (non-hydrogen) atoms. The molecular formula is C14H36N2O2Si. The van der Waals surface area contributed by atoms with Crippen molar-refractivity contribution < 1.29 is 8.85 Å². The molecule has 0 aliphatic rings. The van der Waals surface area contributed by atoms with Crippen LogP contribution in [0.1, 0.15) is 59.3 Å². The molecule has 0 unspecified atom stereocenters. The molecule has 0 aliphatic heterocycles. The summed E-state index contributed by atoms with van der Waals surface area (Å²) < 4.78 is 12.1. The van der Waals surface area contributed by atoms with Crippen LogP contribution in [0.2, 0.25) is 12.1 Å². The van der Waals surface area contributed by atoms with Gasteiger partial charge in [0.05, 0.1) is 0 Å². The summed E-state index contributed by atoms with van der Waals surface area (Å²) in [5, 5.41) is 0. The zero-order valence-electron chi connectivity index (χ0n) is 13.4. The Bertz CT molecular complexity index is 177. The van der Waals surface area contributed by atoms with Gasteiger partial charge in [-0.1, -0.05) is 39.0 Å². The Morgan fingerprint density at radius 1 is 0.789 bits per heavy atom. The lowest BCUT2D eigenvalue weighted by molar-refractivity contribution is 0.180. The molecule has 0 saturated carbocycles. The summed E-state index contributed by atoms with van der Waals surface area (Å²) in [6, 6.07) is 2.26. The van der Waals surface area contributed by atoms with Gasteiger partial charge in [-0.05, 0) is 38.9 Å². The maximum Gasteiger partial charge on any atom is 0.338 e. The molecule has 0 amide bonds. The first kappa shape index (κ1) is 21.4. The van der Waals surface area contributed by atoms with E-state index >= 15 is 0 Å². The monoisotopic (exact) mass is 292 g/mol. The molecule has 0 rings (SSSR count). The lowest BCUT2D eigenvalue weighted by Crippen LogP contribution is -2.42. The third-order valence-electron chi connectivity index (χ3n) is 3.24. The van der Waals surface area contributed by atoms with Gasteiger partial charge in [0.2, 0.25) is 0 Å². The van der Waals surface area contributed by atoms with Crippen molar-refractivity contribution in [2.24, 2.45) is 5.73 Å². The minimum atomic E-state index is -1.94. The van der Waals surface area contributed by atoms with Crippen LogP contribution in [0, 0.1) is 0 Å². The quantitative estimate of drug-likeness (QED) is 0.397. The van der Waals surface area contributed by atoms with E-state index in [1.807, 2.05) is 0 Å². The molecule has 118 valence electrons. The maximum absolute atomic E-state index is 6.07. The minimum Gasteiger partial charge on any atom is -0.394 e. The Hall–Kier alpha value is 0.0569. The fourth-order valence-electron chi connectivity index (χ4n) is 2.34. The summed E-state index contributed by atoms with van der Waals surface area (Å²) in [7, 11) is -1.94.